The number of alkyl halides is 1. The zero-order chi connectivity index (χ0) is 10.6. The quantitative estimate of drug-likeness (QED) is 0.604. The van der Waals surface area contributed by atoms with Gasteiger partial charge >= 0.3 is 0 Å². The molecule has 2 nitrogen and oxygen atoms in total. The number of nitrogens with zero attached hydrogens (tertiary/aromatic N) is 1. The topological polar surface area (TPSA) is 29.4 Å². The molecule has 0 N–H and O–H groups in total. The summed E-state index contributed by atoms with van der Waals surface area (Å²) in [5.74, 6) is 0. The van der Waals surface area contributed by atoms with Crippen LogP contribution >= 0.6 is 15.9 Å². The Morgan fingerprint density at radius 2 is 2.36 bits per heavy atom. The Hall–Kier alpha value is -0.990. The van der Waals surface area contributed by atoms with E-state index in [4.69, 9.17) is 0 Å². The molecule has 0 saturated carbocycles. The SMILES string of the molecule is CC(F)c1ccc(CN=C=O)cc1Br. The van der Waals surface area contributed by atoms with Crippen LogP contribution in [0.2, 0.25) is 0 Å². The van der Waals surface area contributed by atoms with Crippen LogP contribution in [0.3, 0.4) is 0 Å². The van der Waals surface area contributed by atoms with Gasteiger partial charge in [-0.15, -0.1) is 0 Å². The Balaban J connectivity index is 2.94. The average molecular weight is 258 g/mol. The minimum absolute atomic E-state index is 0.281. The maximum Gasteiger partial charge on any atom is 0.235 e. The summed E-state index contributed by atoms with van der Waals surface area (Å²) in [5, 5.41) is 0. The van der Waals surface area contributed by atoms with E-state index in [0.717, 1.165) is 5.56 Å². The molecule has 1 unspecified atom stereocenters. The number of hydrogen-bond acceptors (Lipinski definition) is 2. The molecule has 0 fully saturated rings. The molecule has 14 heavy (non-hydrogen) atoms. The third kappa shape index (κ3) is 2.76. The van der Waals surface area contributed by atoms with Crippen molar-refractivity contribution >= 4 is 22.0 Å². The van der Waals surface area contributed by atoms with Crippen molar-refractivity contribution in [3.63, 3.8) is 0 Å². The summed E-state index contributed by atoms with van der Waals surface area (Å²) in [5.41, 5.74) is 1.45. The highest BCUT2D eigenvalue weighted by atomic mass is 79.9. The van der Waals surface area contributed by atoms with Gasteiger partial charge in [-0.25, -0.2) is 14.2 Å². The van der Waals surface area contributed by atoms with E-state index >= 15 is 0 Å². The number of isocyanates is 1. The molecule has 0 spiro atoms. The molecule has 0 aliphatic rings. The van der Waals surface area contributed by atoms with Crippen molar-refractivity contribution in [2.24, 2.45) is 4.99 Å². The molecule has 0 aliphatic heterocycles. The second-order valence-electron chi connectivity index (χ2n) is 2.88. The fourth-order valence-electron chi connectivity index (χ4n) is 1.12. The molecular formula is C10H9BrFNO. The molecule has 1 rings (SSSR count). The Morgan fingerprint density at radius 3 is 2.86 bits per heavy atom. The lowest BCUT2D eigenvalue weighted by Crippen LogP contribution is -1.89. The maximum absolute atomic E-state index is 13.0. The standard InChI is InChI=1S/C10H9BrFNO/c1-7(12)9-3-2-8(4-10(9)11)5-13-6-14/h2-4,7H,5H2,1H3. The van der Waals surface area contributed by atoms with Gasteiger partial charge in [0.05, 0.1) is 6.54 Å². The van der Waals surface area contributed by atoms with Gasteiger partial charge in [-0.3, -0.25) is 0 Å². The zero-order valence-electron chi connectivity index (χ0n) is 7.63. The van der Waals surface area contributed by atoms with Crippen molar-refractivity contribution in [3.8, 4) is 0 Å². The van der Waals surface area contributed by atoms with Crippen molar-refractivity contribution < 1.29 is 9.18 Å². The van der Waals surface area contributed by atoms with Gasteiger partial charge in [0.25, 0.3) is 0 Å². The van der Waals surface area contributed by atoms with Crippen LogP contribution in [-0.4, -0.2) is 6.08 Å². The Bertz CT molecular complexity index is 372. The van der Waals surface area contributed by atoms with Gasteiger partial charge in [0.1, 0.15) is 6.17 Å². The van der Waals surface area contributed by atoms with Crippen LogP contribution in [0, 0.1) is 0 Å². The zero-order valence-corrected chi connectivity index (χ0v) is 9.21. The highest BCUT2D eigenvalue weighted by Gasteiger charge is 2.07. The predicted octanol–water partition coefficient (Wildman–Crippen LogP) is 3.32. The Kier molecular flexibility index (Phi) is 3.98. The van der Waals surface area contributed by atoms with E-state index in [1.807, 2.05) is 0 Å². The molecule has 4 heteroatoms. The van der Waals surface area contributed by atoms with E-state index in [-0.39, 0.29) is 6.54 Å². The van der Waals surface area contributed by atoms with Gasteiger partial charge in [0.2, 0.25) is 6.08 Å². The van der Waals surface area contributed by atoms with E-state index in [9.17, 15) is 9.18 Å². The molecular weight excluding hydrogens is 249 g/mol. The van der Waals surface area contributed by atoms with Crippen LogP contribution in [-0.2, 0) is 11.3 Å². The number of hydrogen-bond donors (Lipinski definition) is 0. The molecule has 0 amide bonds. The minimum atomic E-state index is -1.01. The van der Waals surface area contributed by atoms with Crippen LogP contribution in [0.25, 0.3) is 0 Å². The average Bonchev–Trinajstić information content (AvgIpc) is 2.14. The van der Waals surface area contributed by atoms with Crippen LogP contribution < -0.4 is 0 Å². The molecule has 0 bridgehead atoms. The third-order valence-corrected chi connectivity index (χ3v) is 2.51. The second-order valence-corrected chi connectivity index (χ2v) is 3.73. The van der Waals surface area contributed by atoms with Crippen molar-refractivity contribution in [2.45, 2.75) is 19.6 Å². The molecule has 1 aromatic rings. The summed E-state index contributed by atoms with van der Waals surface area (Å²) in [6.45, 7) is 1.76. The summed E-state index contributed by atoms with van der Waals surface area (Å²) < 4.78 is 13.7. The molecule has 0 saturated heterocycles. The van der Waals surface area contributed by atoms with Gasteiger partial charge in [-0.05, 0) is 24.1 Å². The number of halogens is 2. The van der Waals surface area contributed by atoms with Gasteiger partial charge in [0, 0.05) is 4.47 Å². The van der Waals surface area contributed by atoms with Crippen LogP contribution in [0.4, 0.5) is 4.39 Å². The lowest BCUT2D eigenvalue weighted by molar-refractivity contribution is 0.373. The van der Waals surface area contributed by atoms with E-state index in [1.54, 1.807) is 18.2 Å². The van der Waals surface area contributed by atoms with Gasteiger partial charge < -0.3 is 0 Å². The van der Waals surface area contributed by atoms with Crippen LogP contribution in [0.15, 0.2) is 27.7 Å². The summed E-state index contributed by atoms with van der Waals surface area (Å²) in [4.78, 5) is 13.3. The van der Waals surface area contributed by atoms with Crippen LogP contribution in [0.5, 0.6) is 0 Å². The largest absolute Gasteiger partial charge is 0.243 e. The number of rotatable bonds is 3. The molecule has 74 valence electrons. The first kappa shape index (κ1) is 11.1. The fraction of sp³-hybridized carbons (Fsp3) is 0.300. The van der Waals surface area contributed by atoms with Gasteiger partial charge in [-0.2, -0.15) is 0 Å². The molecule has 0 radical (unpaired) electrons. The van der Waals surface area contributed by atoms with E-state index < -0.39 is 6.17 Å². The number of benzene rings is 1. The number of aliphatic imine (C=N–C) groups is 1. The lowest BCUT2D eigenvalue weighted by Gasteiger charge is -2.06. The van der Waals surface area contributed by atoms with Crippen LogP contribution in [0.1, 0.15) is 24.2 Å². The minimum Gasteiger partial charge on any atom is -0.243 e. The molecule has 1 atom stereocenters. The number of carbonyl (C=O) groups excluding carboxylic acids is 1. The van der Waals surface area contributed by atoms with E-state index in [1.165, 1.54) is 13.0 Å². The van der Waals surface area contributed by atoms with Gasteiger partial charge in [-0.1, -0.05) is 28.1 Å². The summed E-state index contributed by atoms with van der Waals surface area (Å²) in [6, 6.07) is 5.19. The van der Waals surface area contributed by atoms with E-state index in [2.05, 4.69) is 20.9 Å². The molecule has 0 aliphatic carbocycles. The lowest BCUT2D eigenvalue weighted by atomic mass is 10.1. The van der Waals surface area contributed by atoms with Crippen molar-refractivity contribution in [1.82, 2.24) is 0 Å². The van der Waals surface area contributed by atoms with Crippen molar-refractivity contribution in [1.29, 1.82) is 0 Å². The van der Waals surface area contributed by atoms with Crippen molar-refractivity contribution in [3.05, 3.63) is 33.8 Å². The Morgan fingerprint density at radius 1 is 1.64 bits per heavy atom. The summed E-state index contributed by atoms with van der Waals surface area (Å²) in [6.07, 6.45) is 0.452. The highest BCUT2D eigenvalue weighted by molar-refractivity contribution is 9.10. The Labute approximate surface area is 90.0 Å². The molecule has 1 aromatic carbocycles. The first-order valence-corrected chi connectivity index (χ1v) is 4.90. The summed E-state index contributed by atoms with van der Waals surface area (Å²) >= 11 is 3.26. The first-order chi connectivity index (χ1) is 6.65. The summed E-state index contributed by atoms with van der Waals surface area (Å²) in [7, 11) is 0. The normalized spacial score (nSPS) is 11.9. The maximum atomic E-state index is 13.0. The second kappa shape index (κ2) is 5.03. The van der Waals surface area contributed by atoms with E-state index in [0.29, 0.717) is 10.0 Å². The monoisotopic (exact) mass is 257 g/mol. The third-order valence-electron chi connectivity index (χ3n) is 1.82. The molecule has 0 aromatic heterocycles. The first-order valence-electron chi connectivity index (χ1n) is 4.11. The predicted molar refractivity (Wildman–Crippen MR) is 55.5 cm³/mol. The fourth-order valence-corrected chi connectivity index (χ4v) is 1.86. The van der Waals surface area contributed by atoms with Crippen molar-refractivity contribution in [2.75, 3.05) is 0 Å². The molecule has 0 heterocycles. The highest BCUT2D eigenvalue weighted by Crippen LogP contribution is 2.26. The van der Waals surface area contributed by atoms with Gasteiger partial charge in [0.15, 0.2) is 0 Å². The smallest absolute Gasteiger partial charge is 0.235 e.